The Labute approximate surface area is 152 Å². The van der Waals surface area contributed by atoms with E-state index in [1.54, 1.807) is 0 Å². The Kier molecular flexibility index (Phi) is 3.76. The van der Waals surface area contributed by atoms with Gasteiger partial charge in [-0.3, -0.25) is 4.79 Å². The van der Waals surface area contributed by atoms with E-state index in [-0.39, 0.29) is 11.0 Å². The zero-order valence-electron chi connectivity index (χ0n) is 16.2. The lowest BCUT2D eigenvalue weighted by Gasteiger charge is -2.63. The monoisotopic (exact) mass is 346 g/mol. The quantitative estimate of drug-likeness (QED) is 0.715. The predicted molar refractivity (Wildman–Crippen MR) is 98.3 cm³/mol. The van der Waals surface area contributed by atoms with Crippen LogP contribution in [0.25, 0.3) is 0 Å². The molecule has 6 atom stereocenters. The fourth-order valence-corrected chi connectivity index (χ4v) is 8.09. The van der Waals surface area contributed by atoms with Crippen molar-refractivity contribution in [3.63, 3.8) is 0 Å². The summed E-state index contributed by atoms with van der Waals surface area (Å²) in [5, 5.41) is 10.00. The molecule has 0 unspecified atom stereocenters. The molecule has 1 spiro atoms. The van der Waals surface area contributed by atoms with Gasteiger partial charge >= 0.3 is 5.97 Å². The van der Waals surface area contributed by atoms with Crippen LogP contribution in [0.5, 0.6) is 0 Å². The molecule has 4 rings (SSSR count). The van der Waals surface area contributed by atoms with Crippen molar-refractivity contribution < 1.29 is 14.6 Å². The van der Waals surface area contributed by atoms with Crippen molar-refractivity contribution in [3.8, 4) is 0 Å². The first-order chi connectivity index (χ1) is 11.7. The number of hydrogen-bond donors (Lipinski definition) is 1. The summed E-state index contributed by atoms with van der Waals surface area (Å²) in [5.74, 6) is 0.371. The van der Waals surface area contributed by atoms with Crippen LogP contribution in [0.15, 0.2) is 12.2 Å². The molecule has 0 aromatic rings. The average molecular weight is 347 g/mol. The number of carboxylic acids is 1. The van der Waals surface area contributed by atoms with Gasteiger partial charge in [-0.05, 0) is 93.5 Å². The summed E-state index contributed by atoms with van der Waals surface area (Å²) in [5.41, 5.74) is 1.16. The highest BCUT2D eigenvalue weighted by atomic mass is 16.5. The Bertz CT molecular complexity index is 612. The first-order valence-corrected chi connectivity index (χ1v) is 10.3. The van der Waals surface area contributed by atoms with E-state index in [0.717, 1.165) is 51.6 Å². The van der Waals surface area contributed by atoms with Crippen LogP contribution in [0, 0.1) is 28.1 Å². The Hall–Kier alpha value is -0.830. The predicted octanol–water partition coefficient (Wildman–Crippen LogP) is 5.20. The van der Waals surface area contributed by atoms with E-state index in [2.05, 4.69) is 20.4 Å². The van der Waals surface area contributed by atoms with Crippen molar-refractivity contribution in [1.29, 1.82) is 0 Å². The molecule has 140 valence electrons. The van der Waals surface area contributed by atoms with Crippen molar-refractivity contribution in [2.75, 3.05) is 6.61 Å². The third-order valence-electron chi connectivity index (χ3n) is 9.04. The molecule has 4 aliphatic carbocycles. The van der Waals surface area contributed by atoms with E-state index in [4.69, 9.17) is 4.74 Å². The van der Waals surface area contributed by atoms with Gasteiger partial charge in [-0.15, -0.1) is 0 Å². The summed E-state index contributed by atoms with van der Waals surface area (Å²) >= 11 is 0. The van der Waals surface area contributed by atoms with Crippen molar-refractivity contribution in [2.24, 2.45) is 28.1 Å². The Balaban J connectivity index is 1.72. The van der Waals surface area contributed by atoms with Gasteiger partial charge in [0.2, 0.25) is 0 Å². The second-order valence-electron chi connectivity index (χ2n) is 10.0. The number of carboxylic acid groups (broad SMARTS) is 1. The zero-order valence-corrected chi connectivity index (χ0v) is 16.2. The lowest BCUT2D eigenvalue weighted by atomic mass is 9.41. The van der Waals surface area contributed by atoms with Crippen molar-refractivity contribution >= 4 is 5.97 Å². The largest absolute Gasteiger partial charge is 0.481 e. The summed E-state index contributed by atoms with van der Waals surface area (Å²) in [6.45, 7) is 11.7. The molecule has 0 aromatic carbocycles. The van der Waals surface area contributed by atoms with Crippen molar-refractivity contribution in [2.45, 2.75) is 84.2 Å². The molecule has 0 radical (unpaired) electrons. The Morgan fingerprint density at radius 2 is 1.92 bits per heavy atom. The van der Waals surface area contributed by atoms with Gasteiger partial charge in [-0.25, -0.2) is 0 Å². The minimum atomic E-state index is -0.574. The lowest BCUT2D eigenvalue weighted by molar-refractivity contribution is -0.188. The molecule has 3 nitrogen and oxygen atoms in total. The van der Waals surface area contributed by atoms with Gasteiger partial charge in [0.15, 0.2) is 0 Å². The van der Waals surface area contributed by atoms with Gasteiger partial charge in [-0.2, -0.15) is 0 Å². The second-order valence-corrected chi connectivity index (χ2v) is 10.0. The van der Waals surface area contributed by atoms with Crippen LogP contribution in [0.2, 0.25) is 0 Å². The van der Waals surface area contributed by atoms with Crippen LogP contribution in [0.1, 0.15) is 78.6 Å². The maximum absolute atomic E-state index is 12.1. The SMILES string of the molecule is C=C1C[C@@]23CC[C@H]4[C@@](C)(CCC[C@@]4(C)C(=O)O)[C@@H]2CC[C@]1(OCC)C3. The average Bonchev–Trinajstić information content (AvgIpc) is 2.73. The molecule has 2 bridgehead atoms. The molecule has 0 aliphatic heterocycles. The Morgan fingerprint density at radius 1 is 1.20 bits per heavy atom. The molecule has 4 saturated carbocycles. The third-order valence-corrected chi connectivity index (χ3v) is 9.04. The van der Waals surface area contributed by atoms with E-state index >= 15 is 0 Å². The highest BCUT2D eigenvalue weighted by molar-refractivity contribution is 5.75. The summed E-state index contributed by atoms with van der Waals surface area (Å²) in [6, 6.07) is 0. The van der Waals surface area contributed by atoms with Gasteiger partial charge in [0, 0.05) is 6.61 Å². The highest BCUT2D eigenvalue weighted by Gasteiger charge is 2.68. The zero-order chi connectivity index (χ0) is 18.1. The van der Waals surface area contributed by atoms with Crippen LogP contribution >= 0.6 is 0 Å². The maximum Gasteiger partial charge on any atom is 0.309 e. The number of carbonyl (C=O) groups is 1. The minimum Gasteiger partial charge on any atom is -0.481 e. The number of ether oxygens (including phenoxy) is 1. The first kappa shape index (κ1) is 17.6. The molecule has 0 saturated heterocycles. The van der Waals surface area contributed by atoms with E-state index in [1.807, 2.05) is 6.92 Å². The number of aliphatic carboxylic acids is 1. The van der Waals surface area contributed by atoms with Crippen LogP contribution in [0.4, 0.5) is 0 Å². The van der Waals surface area contributed by atoms with E-state index in [9.17, 15) is 9.90 Å². The minimum absolute atomic E-state index is 0.0841. The van der Waals surface area contributed by atoms with Crippen LogP contribution in [-0.4, -0.2) is 23.3 Å². The number of fused-ring (bicyclic) bond motifs is 3. The smallest absolute Gasteiger partial charge is 0.309 e. The second kappa shape index (κ2) is 5.34. The Morgan fingerprint density at radius 3 is 2.60 bits per heavy atom. The topological polar surface area (TPSA) is 46.5 Å². The summed E-state index contributed by atoms with van der Waals surface area (Å²) in [4.78, 5) is 12.1. The van der Waals surface area contributed by atoms with E-state index < -0.39 is 11.4 Å². The van der Waals surface area contributed by atoms with Crippen LogP contribution in [0.3, 0.4) is 0 Å². The maximum atomic E-state index is 12.1. The van der Waals surface area contributed by atoms with E-state index in [0.29, 0.717) is 17.3 Å². The third kappa shape index (κ3) is 2.11. The molecule has 25 heavy (non-hydrogen) atoms. The van der Waals surface area contributed by atoms with Gasteiger partial charge in [0.1, 0.15) is 0 Å². The molecule has 4 aliphatic rings. The fourth-order valence-electron chi connectivity index (χ4n) is 8.09. The van der Waals surface area contributed by atoms with E-state index in [1.165, 1.54) is 18.4 Å². The molecule has 3 heteroatoms. The molecule has 0 aromatic heterocycles. The number of hydrogen-bond acceptors (Lipinski definition) is 2. The standard InChI is InChI=1S/C22H34O3/c1-5-25-22-12-8-17-19(3)9-6-10-20(4,18(23)24)16(19)7-11-21(17,14-22)13-15(22)2/h16-17H,2,5-14H2,1,3-4H3,(H,23,24)/t16-,17-,19+,20+,21+,22-/m0/s1. The summed E-state index contributed by atoms with van der Waals surface area (Å²) in [6.07, 6.45) is 9.81. The summed E-state index contributed by atoms with van der Waals surface area (Å²) < 4.78 is 6.27. The van der Waals surface area contributed by atoms with Gasteiger partial charge < -0.3 is 9.84 Å². The molecule has 0 amide bonds. The van der Waals surface area contributed by atoms with Gasteiger partial charge in [0.25, 0.3) is 0 Å². The van der Waals surface area contributed by atoms with Gasteiger partial charge in [0.05, 0.1) is 11.0 Å². The van der Waals surface area contributed by atoms with Crippen molar-refractivity contribution in [1.82, 2.24) is 0 Å². The van der Waals surface area contributed by atoms with Crippen molar-refractivity contribution in [3.05, 3.63) is 12.2 Å². The highest BCUT2D eigenvalue weighted by Crippen LogP contribution is 2.73. The number of rotatable bonds is 3. The normalized spacial score (nSPS) is 51.7. The molecule has 1 N–H and O–H groups in total. The molecular weight excluding hydrogens is 312 g/mol. The molecule has 0 heterocycles. The lowest BCUT2D eigenvalue weighted by Crippen LogP contribution is -2.59. The summed E-state index contributed by atoms with van der Waals surface area (Å²) in [7, 11) is 0. The molecular formula is C22H34O3. The molecule has 4 fully saturated rings. The first-order valence-electron chi connectivity index (χ1n) is 10.3. The van der Waals surface area contributed by atoms with Crippen LogP contribution < -0.4 is 0 Å². The fraction of sp³-hybridized carbons (Fsp3) is 0.864. The van der Waals surface area contributed by atoms with Crippen LogP contribution in [-0.2, 0) is 9.53 Å². The van der Waals surface area contributed by atoms with Gasteiger partial charge in [-0.1, -0.05) is 19.9 Å².